The second-order valence-corrected chi connectivity index (χ2v) is 7.11. The fourth-order valence-corrected chi connectivity index (χ4v) is 3.49. The van der Waals surface area contributed by atoms with Gasteiger partial charge in [-0.05, 0) is 19.1 Å². The Balaban J connectivity index is 1.68. The molecule has 1 fully saturated rings. The lowest BCUT2D eigenvalue weighted by Gasteiger charge is -2.26. The third-order valence-electron chi connectivity index (χ3n) is 5.09. The summed E-state index contributed by atoms with van der Waals surface area (Å²) in [6.07, 6.45) is 2.95. The number of benzene rings is 1. The number of carbonyl (C=O) groups excluding carboxylic acids is 1. The number of nitrogens with zero attached hydrogens (tertiary/aromatic N) is 4. The first-order valence-corrected chi connectivity index (χ1v) is 10.4. The fourth-order valence-electron chi connectivity index (χ4n) is 3.49. The van der Waals surface area contributed by atoms with Gasteiger partial charge in [0.2, 0.25) is 11.4 Å². The van der Waals surface area contributed by atoms with Gasteiger partial charge in [-0.3, -0.25) is 9.69 Å². The maximum absolute atomic E-state index is 12.9. The number of para-hydroxylation sites is 1. The van der Waals surface area contributed by atoms with Crippen LogP contribution < -0.4 is 10.7 Å². The molecule has 0 unspecified atom stereocenters. The van der Waals surface area contributed by atoms with Crippen molar-refractivity contribution in [1.29, 1.82) is 0 Å². The molecular formula is C22H25N5O4. The number of carbonyl (C=O) groups is 1. The molecule has 3 aromatic rings. The minimum absolute atomic E-state index is 0.0465. The number of morpholine rings is 1. The van der Waals surface area contributed by atoms with Crippen molar-refractivity contribution in [3.8, 4) is 5.69 Å². The number of ether oxygens (including phenoxy) is 2. The topological polar surface area (TPSA) is 98.6 Å². The van der Waals surface area contributed by atoms with Crippen LogP contribution >= 0.6 is 0 Å². The van der Waals surface area contributed by atoms with Crippen molar-refractivity contribution in [2.75, 3.05) is 51.3 Å². The van der Waals surface area contributed by atoms with E-state index in [-0.39, 0.29) is 17.6 Å². The number of esters is 1. The van der Waals surface area contributed by atoms with E-state index >= 15 is 0 Å². The van der Waals surface area contributed by atoms with Gasteiger partial charge in [0.25, 0.3) is 0 Å². The molecule has 0 atom stereocenters. The normalized spacial score (nSPS) is 14.5. The molecule has 9 heteroatoms. The predicted molar refractivity (Wildman–Crippen MR) is 117 cm³/mol. The number of aromatic nitrogens is 3. The number of fused-ring (bicyclic) bond motifs is 1. The molecule has 1 aliphatic heterocycles. The Morgan fingerprint density at radius 2 is 2.00 bits per heavy atom. The Bertz CT molecular complexity index is 1110. The first kappa shape index (κ1) is 21.0. The van der Waals surface area contributed by atoms with Gasteiger partial charge in [-0.1, -0.05) is 18.2 Å². The van der Waals surface area contributed by atoms with Crippen molar-refractivity contribution in [3.05, 3.63) is 58.5 Å². The summed E-state index contributed by atoms with van der Waals surface area (Å²) < 4.78 is 12.2. The van der Waals surface area contributed by atoms with Crippen molar-refractivity contribution in [2.45, 2.75) is 6.92 Å². The lowest BCUT2D eigenvalue weighted by molar-refractivity contribution is 0.0398. The number of hydrogen-bond donors (Lipinski definition) is 1. The molecule has 2 aromatic heterocycles. The Labute approximate surface area is 179 Å². The molecule has 0 spiro atoms. The van der Waals surface area contributed by atoms with Gasteiger partial charge in [-0.25, -0.2) is 9.78 Å². The van der Waals surface area contributed by atoms with E-state index in [9.17, 15) is 9.59 Å². The molecule has 1 aliphatic rings. The molecule has 9 nitrogen and oxygen atoms in total. The van der Waals surface area contributed by atoms with E-state index < -0.39 is 11.4 Å². The Morgan fingerprint density at radius 3 is 2.74 bits per heavy atom. The second-order valence-electron chi connectivity index (χ2n) is 7.11. The number of pyridine rings is 1. The van der Waals surface area contributed by atoms with Gasteiger partial charge in [-0.15, -0.1) is 0 Å². The molecule has 1 N–H and O–H groups in total. The van der Waals surface area contributed by atoms with Crippen LogP contribution in [-0.2, 0) is 9.47 Å². The average Bonchev–Trinajstić information content (AvgIpc) is 2.81. The Morgan fingerprint density at radius 1 is 1.23 bits per heavy atom. The van der Waals surface area contributed by atoms with Crippen LogP contribution in [0.3, 0.4) is 0 Å². The van der Waals surface area contributed by atoms with Crippen LogP contribution in [-0.4, -0.2) is 71.4 Å². The van der Waals surface area contributed by atoms with Crippen molar-refractivity contribution < 1.29 is 14.3 Å². The van der Waals surface area contributed by atoms with E-state index in [1.165, 1.54) is 12.4 Å². The molecule has 0 aliphatic carbocycles. The van der Waals surface area contributed by atoms with Crippen molar-refractivity contribution in [1.82, 2.24) is 19.4 Å². The maximum atomic E-state index is 12.9. The zero-order valence-corrected chi connectivity index (χ0v) is 17.4. The first-order valence-electron chi connectivity index (χ1n) is 10.4. The molecule has 1 aromatic carbocycles. The van der Waals surface area contributed by atoms with Gasteiger partial charge in [0, 0.05) is 44.3 Å². The second kappa shape index (κ2) is 9.67. The highest BCUT2D eigenvalue weighted by molar-refractivity contribution is 5.93. The maximum Gasteiger partial charge on any atom is 0.343 e. The number of hydrogen-bond acceptors (Lipinski definition) is 8. The summed E-state index contributed by atoms with van der Waals surface area (Å²) in [4.78, 5) is 36.5. The molecule has 162 valence electrons. The average molecular weight is 423 g/mol. The molecule has 0 bridgehead atoms. The number of rotatable bonds is 7. The van der Waals surface area contributed by atoms with Gasteiger partial charge in [0.05, 0.1) is 25.2 Å². The predicted octanol–water partition coefficient (Wildman–Crippen LogP) is 1.70. The van der Waals surface area contributed by atoms with Crippen molar-refractivity contribution >= 4 is 23.0 Å². The van der Waals surface area contributed by atoms with E-state index in [0.29, 0.717) is 18.1 Å². The summed E-state index contributed by atoms with van der Waals surface area (Å²) in [7, 11) is 0. The molecule has 4 rings (SSSR count). The van der Waals surface area contributed by atoms with Gasteiger partial charge in [0.15, 0.2) is 5.65 Å². The van der Waals surface area contributed by atoms with Gasteiger partial charge in [-0.2, -0.15) is 4.98 Å². The highest BCUT2D eigenvalue weighted by Gasteiger charge is 2.19. The monoisotopic (exact) mass is 423 g/mol. The van der Waals surface area contributed by atoms with Crippen LogP contribution in [0, 0.1) is 0 Å². The molecule has 1 saturated heterocycles. The molecular weight excluding hydrogens is 398 g/mol. The van der Waals surface area contributed by atoms with Gasteiger partial charge in [0.1, 0.15) is 5.56 Å². The summed E-state index contributed by atoms with van der Waals surface area (Å²) in [6.45, 7) is 6.71. The van der Waals surface area contributed by atoms with E-state index in [1.807, 2.05) is 30.3 Å². The summed E-state index contributed by atoms with van der Waals surface area (Å²) >= 11 is 0. The molecule has 31 heavy (non-hydrogen) atoms. The van der Waals surface area contributed by atoms with E-state index in [0.717, 1.165) is 38.5 Å². The largest absolute Gasteiger partial charge is 0.462 e. The van der Waals surface area contributed by atoms with Crippen LogP contribution in [0.15, 0.2) is 47.5 Å². The van der Waals surface area contributed by atoms with E-state index in [1.54, 1.807) is 11.5 Å². The number of anilines is 1. The third kappa shape index (κ3) is 4.73. The van der Waals surface area contributed by atoms with Gasteiger partial charge >= 0.3 is 5.97 Å². The van der Waals surface area contributed by atoms with Crippen LogP contribution in [0.2, 0.25) is 0 Å². The van der Waals surface area contributed by atoms with Crippen LogP contribution in [0.4, 0.5) is 5.95 Å². The summed E-state index contributed by atoms with van der Waals surface area (Å²) in [6, 6.07) is 9.42. The zero-order chi connectivity index (χ0) is 21.6. The Kier molecular flexibility index (Phi) is 6.54. The van der Waals surface area contributed by atoms with E-state index in [2.05, 4.69) is 20.2 Å². The highest BCUT2D eigenvalue weighted by Crippen LogP contribution is 2.17. The van der Waals surface area contributed by atoms with Crippen LogP contribution in [0.25, 0.3) is 16.7 Å². The van der Waals surface area contributed by atoms with Crippen LogP contribution in [0.5, 0.6) is 0 Å². The quantitative estimate of drug-likeness (QED) is 0.574. The number of nitrogens with one attached hydrogen (secondary N) is 1. The minimum atomic E-state index is -0.660. The smallest absolute Gasteiger partial charge is 0.343 e. The summed E-state index contributed by atoms with van der Waals surface area (Å²) in [5, 5.41) is 3.49. The summed E-state index contributed by atoms with van der Waals surface area (Å²) in [5.74, 6) is -0.236. The minimum Gasteiger partial charge on any atom is -0.462 e. The van der Waals surface area contributed by atoms with Gasteiger partial charge < -0.3 is 19.4 Å². The first-order chi connectivity index (χ1) is 15.2. The molecule has 0 saturated carbocycles. The fraction of sp³-hybridized carbons (Fsp3) is 0.364. The lowest BCUT2D eigenvalue weighted by Crippen LogP contribution is -2.39. The zero-order valence-electron chi connectivity index (χ0n) is 17.4. The molecule has 0 amide bonds. The van der Waals surface area contributed by atoms with Crippen molar-refractivity contribution in [2.24, 2.45) is 0 Å². The molecule has 3 heterocycles. The van der Waals surface area contributed by atoms with E-state index in [4.69, 9.17) is 9.47 Å². The Hall–Kier alpha value is -3.30. The lowest BCUT2D eigenvalue weighted by atomic mass is 10.2. The molecule has 0 radical (unpaired) electrons. The highest BCUT2D eigenvalue weighted by atomic mass is 16.5. The van der Waals surface area contributed by atoms with Crippen LogP contribution in [0.1, 0.15) is 17.3 Å². The summed E-state index contributed by atoms with van der Waals surface area (Å²) in [5.41, 5.74) is 0.708. The standard InChI is InChI=1S/C22H25N5O4/c1-2-31-21(29)18-15-27(16-6-4-3-5-7-16)20-17(19(18)28)14-24-22(25-20)23-8-9-26-10-12-30-13-11-26/h3-7,14-15H,2,8-13H2,1H3,(H,23,24,25). The van der Waals surface area contributed by atoms with Crippen molar-refractivity contribution in [3.63, 3.8) is 0 Å². The SMILES string of the molecule is CCOC(=O)c1cn(-c2ccccc2)c2nc(NCCN3CCOCC3)ncc2c1=O. The third-order valence-corrected chi connectivity index (χ3v) is 5.09.